The van der Waals surface area contributed by atoms with Crippen molar-refractivity contribution in [3.8, 4) is 28.1 Å². The number of carbonyl (C=O) groups is 2. The lowest BCUT2D eigenvalue weighted by atomic mass is 9.96. The molecule has 6 rings (SSSR count). The Balaban J connectivity index is 1.39. The number of methoxy groups -OCH3 is 1. The predicted octanol–water partition coefficient (Wildman–Crippen LogP) is 4.65. The van der Waals surface area contributed by atoms with E-state index in [1.54, 1.807) is 37.4 Å². The van der Waals surface area contributed by atoms with Crippen LogP contribution in [0.4, 0.5) is 37.1 Å². The standard InChI is InChI=1S/C36H34F6N10O5/c1-18-10-20(30(53)48-32(43)49-50-44)4-5-25(18)22-13-26(31(55-3)45-15-22)27-16-46-33(51-6-8-56-9-7-51)47-28(27)17-52-19(2)29(57-34(52)54)21-11-23(35(37,38)39)14-24(12-21)36(40,41)42/h4-5,10-16,19,29H,6-9,17H2,1-3H3,(H4,43,44,48,49,53)/p+1/t19-,29-/m0/s1. The summed E-state index contributed by atoms with van der Waals surface area (Å²) in [6.07, 6.45) is -9.61. The van der Waals surface area contributed by atoms with Crippen LogP contribution in [-0.4, -0.2) is 77.3 Å². The largest absolute Gasteiger partial charge is 0.481 e. The number of hydrogen-bond acceptors (Lipinski definition) is 10. The van der Waals surface area contributed by atoms with E-state index in [9.17, 15) is 35.9 Å². The number of halogens is 6. The zero-order valence-electron chi connectivity index (χ0n) is 30.5. The van der Waals surface area contributed by atoms with Gasteiger partial charge in [-0.1, -0.05) is 6.07 Å². The molecule has 2 aliphatic heterocycles. The summed E-state index contributed by atoms with van der Waals surface area (Å²) in [4.78, 5) is 43.1. The first-order chi connectivity index (χ1) is 27.0. The number of alkyl halides is 6. The van der Waals surface area contributed by atoms with Crippen molar-refractivity contribution in [2.24, 2.45) is 16.1 Å². The van der Waals surface area contributed by atoms with Crippen LogP contribution >= 0.6 is 0 Å². The van der Waals surface area contributed by atoms with Crippen LogP contribution in [0.15, 0.2) is 65.2 Å². The van der Waals surface area contributed by atoms with Crippen molar-refractivity contribution in [3.63, 3.8) is 0 Å². The molecule has 0 radical (unpaired) electrons. The third-order valence-electron chi connectivity index (χ3n) is 9.34. The Labute approximate surface area is 320 Å². The highest BCUT2D eigenvalue weighted by atomic mass is 19.4. The van der Waals surface area contributed by atoms with Gasteiger partial charge in [0.25, 0.3) is 5.91 Å². The highest BCUT2D eigenvalue weighted by Gasteiger charge is 2.44. The molecule has 0 unspecified atom stereocenters. The first kappa shape index (κ1) is 40.3. The molecule has 2 saturated heterocycles. The molecule has 0 aliphatic carbocycles. The van der Waals surface area contributed by atoms with Crippen LogP contribution in [-0.2, 0) is 28.4 Å². The number of benzene rings is 2. The minimum Gasteiger partial charge on any atom is -0.481 e. The summed E-state index contributed by atoms with van der Waals surface area (Å²) in [5.41, 5.74) is 10.2. The average Bonchev–Trinajstić information content (AvgIpc) is 3.45. The molecule has 2 amide bonds. The summed E-state index contributed by atoms with van der Waals surface area (Å²) in [7, 11) is 1.40. The summed E-state index contributed by atoms with van der Waals surface area (Å²) in [5, 5.41) is 8.77. The van der Waals surface area contributed by atoms with Gasteiger partial charge in [0.15, 0.2) is 0 Å². The third-order valence-corrected chi connectivity index (χ3v) is 9.34. The van der Waals surface area contributed by atoms with E-state index >= 15 is 0 Å². The van der Waals surface area contributed by atoms with Crippen LogP contribution in [0.2, 0.25) is 0 Å². The molecule has 4 aromatic rings. The summed E-state index contributed by atoms with van der Waals surface area (Å²) in [6, 6.07) is 6.66. The molecule has 0 bridgehead atoms. The van der Waals surface area contributed by atoms with Crippen LogP contribution in [0.1, 0.15) is 51.3 Å². The number of nitrogens with one attached hydrogen (secondary N) is 1. The Morgan fingerprint density at radius 3 is 2.30 bits per heavy atom. The van der Waals surface area contributed by atoms with Gasteiger partial charge in [-0.25, -0.2) is 19.7 Å². The zero-order valence-corrected chi connectivity index (χ0v) is 30.5. The molecule has 2 fully saturated rings. The number of hydrogen-bond donors (Lipinski definition) is 3. The Hall–Kier alpha value is -6.38. The van der Waals surface area contributed by atoms with Gasteiger partial charge in [0.05, 0.1) is 49.7 Å². The van der Waals surface area contributed by atoms with Crippen molar-refractivity contribution in [2.45, 2.75) is 44.9 Å². The zero-order chi connectivity index (χ0) is 41.2. The quantitative estimate of drug-likeness (QED) is 0.0705. The van der Waals surface area contributed by atoms with E-state index in [1.165, 1.54) is 25.1 Å². The van der Waals surface area contributed by atoms with E-state index in [1.807, 2.05) is 4.90 Å². The minimum atomic E-state index is -5.10. The molecule has 2 atom stereocenters. The van der Waals surface area contributed by atoms with Crippen LogP contribution in [0.3, 0.4) is 0 Å². The second-order valence-corrected chi connectivity index (χ2v) is 13.0. The summed E-state index contributed by atoms with van der Waals surface area (Å²) < 4.78 is 99.0. The molecule has 2 aliphatic rings. The summed E-state index contributed by atoms with van der Waals surface area (Å²) in [6.45, 7) is 4.64. The van der Waals surface area contributed by atoms with Crippen molar-refractivity contribution in [2.75, 3.05) is 38.3 Å². The van der Waals surface area contributed by atoms with Crippen molar-refractivity contribution in [3.05, 3.63) is 88.4 Å². The molecule has 15 nitrogen and oxygen atoms in total. The fourth-order valence-electron chi connectivity index (χ4n) is 6.49. The molecule has 300 valence electrons. The number of aryl methyl sites for hydroxylation is 1. The van der Waals surface area contributed by atoms with Crippen LogP contribution in [0, 0.1) is 6.92 Å². The highest BCUT2D eigenvalue weighted by molar-refractivity contribution is 6.05. The van der Waals surface area contributed by atoms with E-state index in [2.05, 4.69) is 25.6 Å². The molecular weight excluding hydrogens is 766 g/mol. The SMILES string of the molecule is COc1ncc(-c2ccc(C(=O)N/C(N)=N/N=[NH2+])cc2C)cc1-c1cnc(N2CCOCC2)nc1CN1C(=O)O[C@H](c2cc(C(F)(F)F)cc(C(F)(F)F)c2)[C@@H]1C. The van der Waals surface area contributed by atoms with Gasteiger partial charge < -0.3 is 24.8 Å². The number of nitrogens with zero attached hydrogens (tertiary/aromatic N) is 7. The maximum atomic E-state index is 13.7. The monoisotopic (exact) mass is 801 g/mol. The van der Waals surface area contributed by atoms with Gasteiger partial charge in [0.2, 0.25) is 11.8 Å². The van der Waals surface area contributed by atoms with E-state index < -0.39 is 53.2 Å². The fourth-order valence-corrected chi connectivity index (χ4v) is 6.49. The molecule has 4 heterocycles. The van der Waals surface area contributed by atoms with E-state index in [4.69, 9.17) is 30.5 Å². The van der Waals surface area contributed by atoms with Crippen LogP contribution in [0.25, 0.3) is 22.3 Å². The first-order valence-corrected chi connectivity index (χ1v) is 17.1. The minimum absolute atomic E-state index is 0.0123. The number of anilines is 1. The predicted molar refractivity (Wildman–Crippen MR) is 189 cm³/mol. The van der Waals surface area contributed by atoms with Crippen molar-refractivity contribution >= 4 is 23.9 Å². The maximum Gasteiger partial charge on any atom is 0.416 e. The van der Waals surface area contributed by atoms with Crippen molar-refractivity contribution in [1.29, 1.82) is 0 Å². The van der Waals surface area contributed by atoms with Gasteiger partial charge in [-0.15, -0.1) is 0 Å². The van der Waals surface area contributed by atoms with Gasteiger partial charge >= 0.3 is 24.4 Å². The fraction of sp³-hybridized carbons (Fsp3) is 0.333. The Bertz CT molecular complexity index is 2200. The number of morpholine rings is 1. The first-order valence-electron chi connectivity index (χ1n) is 17.1. The lowest BCUT2D eigenvalue weighted by Crippen LogP contribution is -2.38. The lowest BCUT2D eigenvalue weighted by Gasteiger charge is -2.28. The van der Waals surface area contributed by atoms with Gasteiger partial charge in [-0.3, -0.25) is 15.0 Å². The molecular formula is C36H35F6N10O5+. The van der Waals surface area contributed by atoms with Crippen molar-refractivity contribution < 1.29 is 55.7 Å². The lowest BCUT2D eigenvalue weighted by molar-refractivity contribution is -0.222. The van der Waals surface area contributed by atoms with E-state index in [-0.39, 0.29) is 35.7 Å². The van der Waals surface area contributed by atoms with E-state index in [0.717, 1.165) is 0 Å². The molecule has 2 aromatic heterocycles. The molecule has 0 spiro atoms. The molecule has 0 saturated carbocycles. The third kappa shape index (κ3) is 8.72. The van der Waals surface area contributed by atoms with Gasteiger partial charge in [-0.05, 0) is 66.9 Å². The number of nitrogens with two attached hydrogens (primary N) is 2. The number of amides is 2. The number of guanidine groups is 1. The van der Waals surface area contributed by atoms with Crippen LogP contribution < -0.4 is 26.2 Å². The number of cyclic esters (lactones) is 1. The smallest absolute Gasteiger partial charge is 0.416 e. The van der Waals surface area contributed by atoms with Gasteiger partial charge in [0, 0.05) is 47.7 Å². The van der Waals surface area contributed by atoms with E-state index in [0.29, 0.717) is 72.2 Å². The number of aromatic nitrogens is 3. The number of ether oxygens (including phenoxy) is 3. The highest BCUT2D eigenvalue weighted by Crippen LogP contribution is 2.42. The second kappa shape index (κ2) is 16.0. The Morgan fingerprint density at radius 2 is 1.68 bits per heavy atom. The normalized spacial score (nSPS) is 17.7. The molecule has 2 aromatic carbocycles. The van der Waals surface area contributed by atoms with Crippen molar-refractivity contribution in [1.82, 2.24) is 25.2 Å². The summed E-state index contributed by atoms with van der Waals surface area (Å²) >= 11 is 0. The van der Waals surface area contributed by atoms with Crippen LogP contribution in [0.5, 0.6) is 5.88 Å². The maximum absolute atomic E-state index is 13.7. The Kier molecular flexibility index (Phi) is 11.3. The van der Waals surface area contributed by atoms with Gasteiger partial charge in [-0.2, -0.15) is 31.9 Å². The average molecular weight is 802 g/mol. The second-order valence-electron chi connectivity index (χ2n) is 13.0. The topological polar surface area (TPSA) is 195 Å². The molecule has 21 heteroatoms. The number of carbonyl (C=O) groups excluding carboxylic acids is 2. The summed E-state index contributed by atoms with van der Waals surface area (Å²) in [5.74, 6) is -0.421. The molecule has 57 heavy (non-hydrogen) atoms. The number of rotatable bonds is 9. The molecule has 5 N–H and O–H groups in total. The Morgan fingerprint density at radius 1 is 1.00 bits per heavy atom. The number of pyridine rings is 1. The van der Waals surface area contributed by atoms with Gasteiger partial charge in [0.1, 0.15) is 16.4 Å².